The summed E-state index contributed by atoms with van der Waals surface area (Å²) < 4.78 is 5.94. The van der Waals surface area contributed by atoms with Crippen LogP contribution in [-0.2, 0) is 11.2 Å². The Kier molecular flexibility index (Phi) is 5.51. The second-order valence-corrected chi connectivity index (χ2v) is 10.8. The fraction of sp³-hybridized carbons (Fsp3) is 0.545. The van der Waals surface area contributed by atoms with E-state index in [1.807, 2.05) is 6.07 Å². The monoisotopic (exact) mass is 469 g/mol. The summed E-state index contributed by atoms with van der Waals surface area (Å²) in [6, 6.07) is 1.85. The highest BCUT2D eigenvalue weighted by Crippen LogP contribution is 2.48. The molecule has 1 unspecified atom stereocenters. The van der Waals surface area contributed by atoms with Crippen molar-refractivity contribution in [2.75, 3.05) is 26.2 Å². The number of hydrogen-bond donors (Lipinski definition) is 1. The van der Waals surface area contributed by atoms with E-state index in [1.165, 1.54) is 24.2 Å². The van der Waals surface area contributed by atoms with Crippen molar-refractivity contribution in [1.29, 1.82) is 0 Å². The van der Waals surface area contributed by atoms with Crippen molar-refractivity contribution < 1.29 is 14.0 Å². The molecule has 5 heterocycles. The lowest BCUT2D eigenvalue weighted by atomic mass is 9.72. The maximum absolute atomic E-state index is 12.8. The molecule has 3 aromatic rings. The lowest BCUT2D eigenvalue weighted by Crippen LogP contribution is -2.59. The van der Waals surface area contributed by atoms with Crippen LogP contribution in [0.1, 0.15) is 59.8 Å². The normalized spacial score (nSPS) is 21.9. The summed E-state index contributed by atoms with van der Waals surface area (Å²) in [6.07, 6.45) is 7.47. The molecule has 6 rings (SSSR count). The Hall–Kier alpha value is -3.08. The number of rotatable bonds is 5. The molecule has 11 heteroatoms. The lowest BCUT2D eigenvalue weighted by Gasteiger charge is -2.48. The SMILES string of the molecule is CC1(C)CC1.O=CN1CC2(C1)CN(C(=O)c1cncs1)CC2c1nnc(Cc2ccn[nH]2)o1. The van der Waals surface area contributed by atoms with E-state index in [2.05, 4.69) is 39.2 Å². The average Bonchev–Trinajstić information content (AvgIpc) is 3.39. The summed E-state index contributed by atoms with van der Waals surface area (Å²) in [5, 5.41) is 15.2. The Morgan fingerprint density at radius 3 is 2.70 bits per heavy atom. The molecule has 2 saturated heterocycles. The highest BCUT2D eigenvalue weighted by Gasteiger charge is 2.57. The van der Waals surface area contributed by atoms with E-state index in [4.69, 9.17) is 4.42 Å². The van der Waals surface area contributed by atoms with Crippen molar-refractivity contribution in [3.05, 3.63) is 46.3 Å². The van der Waals surface area contributed by atoms with Crippen molar-refractivity contribution in [2.24, 2.45) is 10.8 Å². The van der Waals surface area contributed by atoms with Gasteiger partial charge in [0.2, 0.25) is 18.2 Å². The predicted octanol–water partition coefficient (Wildman–Crippen LogP) is 2.34. The van der Waals surface area contributed by atoms with E-state index in [0.29, 0.717) is 49.3 Å². The van der Waals surface area contributed by atoms with E-state index in [1.54, 1.807) is 27.7 Å². The van der Waals surface area contributed by atoms with Crippen LogP contribution in [0.3, 0.4) is 0 Å². The molecule has 2 amide bonds. The first-order chi connectivity index (χ1) is 15.9. The minimum atomic E-state index is -0.251. The fourth-order valence-electron chi connectivity index (χ4n) is 4.37. The highest BCUT2D eigenvalue weighted by atomic mass is 32.1. The predicted molar refractivity (Wildman–Crippen MR) is 120 cm³/mol. The molecule has 0 radical (unpaired) electrons. The number of aromatic nitrogens is 5. The smallest absolute Gasteiger partial charge is 0.265 e. The molecule has 1 aliphatic carbocycles. The zero-order valence-electron chi connectivity index (χ0n) is 18.7. The average molecular weight is 470 g/mol. The Bertz CT molecular complexity index is 1100. The van der Waals surface area contributed by atoms with Gasteiger partial charge in [0, 0.05) is 43.5 Å². The third kappa shape index (κ3) is 4.54. The van der Waals surface area contributed by atoms with Crippen LogP contribution in [0.5, 0.6) is 0 Å². The molecule has 3 aromatic heterocycles. The van der Waals surface area contributed by atoms with Crippen LogP contribution in [0.25, 0.3) is 0 Å². The molecule has 3 fully saturated rings. The molecule has 0 bridgehead atoms. The van der Waals surface area contributed by atoms with Gasteiger partial charge < -0.3 is 14.2 Å². The number of likely N-dealkylation sites (tertiary alicyclic amines) is 2. The summed E-state index contributed by atoms with van der Waals surface area (Å²) in [4.78, 5) is 32.1. The number of nitrogens with one attached hydrogen (secondary N) is 1. The Balaban J connectivity index is 0.000000406. The van der Waals surface area contributed by atoms with Crippen molar-refractivity contribution in [3.63, 3.8) is 0 Å². The molecule has 1 spiro atoms. The van der Waals surface area contributed by atoms with Crippen molar-refractivity contribution in [3.8, 4) is 0 Å². The first-order valence-corrected chi connectivity index (χ1v) is 11.9. The summed E-state index contributed by atoms with van der Waals surface area (Å²) in [5.74, 6) is 0.850. The molecule has 33 heavy (non-hydrogen) atoms. The topological polar surface area (TPSA) is 121 Å². The molecular formula is C22H27N7O3S. The summed E-state index contributed by atoms with van der Waals surface area (Å²) in [7, 11) is 0. The molecule has 3 aliphatic rings. The van der Waals surface area contributed by atoms with E-state index >= 15 is 0 Å². The lowest BCUT2D eigenvalue weighted by molar-refractivity contribution is -0.129. The van der Waals surface area contributed by atoms with Crippen LogP contribution in [0.15, 0.2) is 28.4 Å². The summed E-state index contributed by atoms with van der Waals surface area (Å²) in [5.41, 5.74) is 3.03. The standard InChI is InChI=1S/C17H17N7O3S.C5H10/c25-10-23-6-17(7-23)8-24(16(26)13-4-18-9-28-13)5-12(17)15-22-21-14(27-15)3-11-1-2-19-20-11;1-5(2)3-4-5/h1-2,4,9-10,12H,3,5-8H2,(H,19,20);3-4H2,1-2H3. The van der Waals surface area contributed by atoms with Crippen LogP contribution in [0.4, 0.5) is 0 Å². The van der Waals surface area contributed by atoms with Gasteiger partial charge in [-0.15, -0.1) is 21.5 Å². The van der Waals surface area contributed by atoms with E-state index in [-0.39, 0.29) is 17.2 Å². The third-order valence-corrected chi connectivity index (χ3v) is 7.46. The molecule has 1 atom stereocenters. The first kappa shape index (κ1) is 21.7. The number of hydrogen-bond acceptors (Lipinski definition) is 8. The van der Waals surface area contributed by atoms with E-state index < -0.39 is 0 Å². The van der Waals surface area contributed by atoms with Crippen LogP contribution in [0.2, 0.25) is 0 Å². The third-order valence-electron chi connectivity index (χ3n) is 6.69. The number of nitrogens with zero attached hydrogens (tertiary/aromatic N) is 6. The second-order valence-electron chi connectivity index (χ2n) is 9.93. The van der Waals surface area contributed by atoms with E-state index in [0.717, 1.165) is 17.5 Å². The molecular weight excluding hydrogens is 442 g/mol. The van der Waals surface area contributed by atoms with Crippen LogP contribution in [-0.4, -0.2) is 73.7 Å². The van der Waals surface area contributed by atoms with Crippen molar-refractivity contribution in [2.45, 2.75) is 39.0 Å². The molecule has 0 aromatic carbocycles. The molecule has 1 N–H and O–H groups in total. The molecule has 174 valence electrons. The van der Waals surface area contributed by atoms with Gasteiger partial charge in [-0.1, -0.05) is 13.8 Å². The Morgan fingerprint density at radius 1 is 1.30 bits per heavy atom. The zero-order chi connectivity index (χ0) is 23.1. The first-order valence-electron chi connectivity index (χ1n) is 11.1. The molecule has 10 nitrogen and oxygen atoms in total. The largest absolute Gasteiger partial charge is 0.424 e. The summed E-state index contributed by atoms with van der Waals surface area (Å²) in [6.45, 7) is 6.78. The Labute approximate surface area is 195 Å². The maximum Gasteiger partial charge on any atom is 0.265 e. The number of amides is 2. The minimum Gasteiger partial charge on any atom is -0.424 e. The molecule has 1 saturated carbocycles. The highest BCUT2D eigenvalue weighted by molar-refractivity contribution is 7.11. The van der Waals surface area contributed by atoms with Gasteiger partial charge in [0.1, 0.15) is 4.88 Å². The maximum atomic E-state index is 12.8. The van der Waals surface area contributed by atoms with Crippen LogP contribution < -0.4 is 0 Å². The van der Waals surface area contributed by atoms with Gasteiger partial charge >= 0.3 is 0 Å². The Morgan fingerprint density at radius 2 is 2.09 bits per heavy atom. The van der Waals surface area contributed by atoms with Gasteiger partial charge in [0.15, 0.2) is 0 Å². The van der Waals surface area contributed by atoms with Gasteiger partial charge in [-0.3, -0.25) is 19.7 Å². The fourth-order valence-corrected chi connectivity index (χ4v) is 4.96. The quantitative estimate of drug-likeness (QED) is 0.569. The minimum absolute atomic E-state index is 0.0499. The second kappa shape index (κ2) is 8.36. The van der Waals surface area contributed by atoms with Crippen LogP contribution >= 0.6 is 11.3 Å². The van der Waals surface area contributed by atoms with Crippen molar-refractivity contribution >= 4 is 23.7 Å². The number of H-pyrrole nitrogens is 1. The van der Waals surface area contributed by atoms with Gasteiger partial charge in [0.25, 0.3) is 5.91 Å². The van der Waals surface area contributed by atoms with Crippen LogP contribution in [0, 0.1) is 10.8 Å². The van der Waals surface area contributed by atoms with Gasteiger partial charge in [-0.25, -0.2) is 0 Å². The van der Waals surface area contributed by atoms with E-state index in [9.17, 15) is 9.59 Å². The number of aromatic amines is 1. The zero-order valence-corrected chi connectivity index (χ0v) is 19.5. The number of thiazole rings is 1. The number of carbonyl (C=O) groups excluding carboxylic acids is 2. The van der Waals surface area contributed by atoms with Gasteiger partial charge in [-0.2, -0.15) is 5.10 Å². The number of carbonyl (C=O) groups is 2. The van der Waals surface area contributed by atoms with Crippen molar-refractivity contribution in [1.82, 2.24) is 35.2 Å². The van der Waals surface area contributed by atoms with Gasteiger partial charge in [-0.05, 0) is 24.3 Å². The summed E-state index contributed by atoms with van der Waals surface area (Å²) >= 11 is 1.32. The van der Waals surface area contributed by atoms with Gasteiger partial charge in [0.05, 0.1) is 24.0 Å². The molecule has 2 aliphatic heterocycles.